The Hall–Kier alpha value is -2.65. The van der Waals surface area contributed by atoms with Crippen molar-refractivity contribution in [1.82, 2.24) is 4.90 Å². The molecule has 3 aromatic rings. The van der Waals surface area contributed by atoms with Gasteiger partial charge in [0.05, 0.1) is 6.04 Å². The molecule has 0 aliphatic rings. The van der Waals surface area contributed by atoms with Gasteiger partial charge in [-0.3, -0.25) is 4.79 Å². The third kappa shape index (κ3) is 3.81. The summed E-state index contributed by atoms with van der Waals surface area (Å²) in [6, 6.07) is 23.9. The Bertz CT molecular complexity index is 829. The van der Waals surface area contributed by atoms with Crippen LogP contribution in [0.2, 0.25) is 0 Å². The zero-order valence-corrected chi connectivity index (χ0v) is 13.9. The number of fused-ring (bicyclic) bond motifs is 1. The van der Waals surface area contributed by atoms with E-state index in [4.69, 9.17) is 5.73 Å². The van der Waals surface area contributed by atoms with E-state index in [-0.39, 0.29) is 5.91 Å². The first-order chi connectivity index (χ1) is 11.6. The smallest absolute Gasteiger partial charge is 0.239 e. The van der Waals surface area contributed by atoms with E-state index < -0.39 is 6.04 Å². The number of rotatable bonds is 5. The Morgan fingerprint density at radius 3 is 2.33 bits per heavy atom. The van der Waals surface area contributed by atoms with Gasteiger partial charge in [0.25, 0.3) is 0 Å². The van der Waals surface area contributed by atoms with Gasteiger partial charge in [-0.25, -0.2) is 0 Å². The van der Waals surface area contributed by atoms with Gasteiger partial charge in [0.15, 0.2) is 0 Å². The molecule has 24 heavy (non-hydrogen) atoms. The summed E-state index contributed by atoms with van der Waals surface area (Å²) in [5.74, 6) is -0.0352. The van der Waals surface area contributed by atoms with E-state index in [2.05, 4.69) is 24.3 Å². The van der Waals surface area contributed by atoms with Crippen molar-refractivity contribution in [2.45, 2.75) is 19.0 Å². The highest BCUT2D eigenvalue weighted by atomic mass is 16.2. The fourth-order valence-electron chi connectivity index (χ4n) is 2.93. The summed E-state index contributed by atoms with van der Waals surface area (Å²) in [6.07, 6.45) is 0.544. The van der Waals surface area contributed by atoms with Gasteiger partial charge in [0, 0.05) is 13.6 Å². The number of nitrogens with two attached hydrogens (primary N) is 1. The predicted molar refractivity (Wildman–Crippen MR) is 98.5 cm³/mol. The molecule has 122 valence electrons. The maximum Gasteiger partial charge on any atom is 0.239 e. The maximum atomic E-state index is 12.5. The Balaban J connectivity index is 1.66. The van der Waals surface area contributed by atoms with Crippen LogP contribution in [0.3, 0.4) is 0 Å². The fraction of sp³-hybridized carbons (Fsp3) is 0.190. The summed E-state index contributed by atoms with van der Waals surface area (Å²) in [6.45, 7) is 0.574. The van der Waals surface area contributed by atoms with Gasteiger partial charge in [-0.15, -0.1) is 0 Å². The molecule has 3 nitrogen and oxygen atoms in total. The lowest BCUT2D eigenvalue weighted by atomic mass is 10.0. The Kier molecular flexibility index (Phi) is 4.92. The minimum atomic E-state index is -0.528. The van der Waals surface area contributed by atoms with Crippen LogP contribution in [-0.4, -0.2) is 23.9 Å². The molecule has 0 radical (unpaired) electrons. The number of amides is 1. The second kappa shape index (κ2) is 7.28. The summed E-state index contributed by atoms with van der Waals surface area (Å²) < 4.78 is 0. The summed E-state index contributed by atoms with van der Waals surface area (Å²) in [4.78, 5) is 14.2. The highest BCUT2D eigenvalue weighted by Crippen LogP contribution is 2.17. The Morgan fingerprint density at radius 2 is 1.58 bits per heavy atom. The summed E-state index contributed by atoms with van der Waals surface area (Å²) >= 11 is 0. The van der Waals surface area contributed by atoms with E-state index in [0.717, 1.165) is 11.1 Å². The van der Waals surface area contributed by atoms with Crippen LogP contribution >= 0.6 is 0 Å². The fourth-order valence-corrected chi connectivity index (χ4v) is 2.93. The molecule has 0 heterocycles. The number of carbonyl (C=O) groups excluding carboxylic acids is 1. The topological polar surface area (TPSA) is 46.3 Å². The molecule has 2 N–H and O–H groups in total. The number of benzene rings is 3. The van der Waals surface area contributed by atoms with Gasteiger partial charge in [-0.05, 0) is 28.3 Å². The van der Waals surface area contributed by atoms with Crippen molar-refractivity contribution in [3.63, 3.8) is 0 Å². The lowest BCUT2D eigenvalue weighted by Gasteiger charge is -2.21. The van der Waals surface area contributed by atoms with Crippen LogP contribution in [-0.2, 0) is 17.8 Å². The minimum Gasteiger partial charge on any atom is -0.340 e. The van der Waals surface area contributed by atoms with Crippen LogP contribution in [0.25, 0.3) is 10.8 Å². The standard InChI is InChI=1S/C21H22N2O/c1-23(15-16-7-3-2-4-8-16)21(24)20(22)14-17-11-12-18-9-5-6-10-19(18)13-17/h2-13,20H,14-15,22H2,1H3. The second-order valence-electron chi connectivity index (χ2n) is 6.17. The van der Waals surface area contributed by atoms with E-state index in [1.54, 1.807) is 11.9 Å². The first kappa shape index (κ1) is 16.2. The summed E-state index contributed by atoms with van der Waals surface area (Å²) in [5.41, 5.74) is 8.35. The average Bonchev–Trinajstić information content (AvgIpc) is 2.61. The maximum absolute atomic E-state index is 12.5. The molecule has 1 unspecified atom stereocenters. The minimum absolute atomic E-state index is 0.0352. The van der Waals surface area contributed by atoms with Gasteiger partial charge in [0.1, 0.15) is 0 Å². The van der Waals surface area contributed by atoms with Crippen LogP contribution < -0.4 is 5.73 Å². The predicted octanol–water partition coefficient (Wildman–Crippen LogP) is 3.37. The van der Waals surface area contributed by atoms with Crippen molar-refractivity contribution in [2.75, 3.05) is 7.05 Å². The molecule has 3 rings (SSSR count). The molecule has 0 spiro atoms. The molecule has 0 aliphatic heterocycles. The lowest BCUT2D eigenvalue weighted by molar-refractivity contribution is -0.131. The second-order valence-corrected chi connectivity index (χ2v) is 6.17. The van der Waals surface area contributed by atoms with E-state index in [0.29, 0.717) is 13.0 Å². The largest absolute Gasteiger partial charge is 0.340 e. The molecule has 3 aromatic carbocycles. The van der Waals surface area contributed by atoms with Crippen molar-refractivity contribution in [3.8, 4) is 0 Å². The number of hydrogen-bond donors (Lipinski definition) is 1. The van der Waals surface area contributed by atoms with Gasteiger partial charge in [-0.1, -0.05) is 72.8 Å². The van der Waals surface area contributed by atoms with E-state index in [9.17, 15) is 4.79 Å². The van der Waals surface area contributed by atoms with Gasteiger partial charge in [0.2, 0.25) is 5.91 Å². The molecule has 1 amide bonds. The molecule has 3 heteroatoms. The van der Waals surface area contributed by atoms with Crippen molar-refractivity contribution in [3.05, 3.63) is 83.9 Å². The zero-order chi connectivity index (χ0) is 16.9. The van der Waals surface area contributed by atoms with E-state index in [1.165, 1.54) is 10.8 Å². The normalized spacial score (nSPS) is 12.1. The highest BCUT2D eigenvalue weighted by molar-refractivity contribution is 5.84. The van der Waals surface area contributed by atoms with Crippen molar-refractivity contribution >= 4 is 16.7 Å². The molecule has 0 saturated carbocycles. The molecule has 0 bridgehead atoms. The third-order valence-corrected chi connectivity index (χ3v) is 4.23. The Morgan fingerprint density at radius 1 is 0.917 bits per heavy atom. The van der Waals surface area contributed by atoms with E-state index >= 15 is 0 Å². The third-order valence-electron chi connectivity index (χ3n) is 4.23. The SMILES string of the molecule is CN(Cc1ccccc1)C(=O)C(N)Cc1ccc2ccccc2c1. The van der Waals surface area contributed by atoms with Crippen LogP contribution in [0, 0.1) is 0 Å². The number of hydrogen-bond acceptors (Lipinski definition) is 2. The zero-order valence-electron chi connectivity index (χ0n) is 13.9. The molecular weight excluding hydrogens is 296 g/mol. The number of nitrogens with zero attached hydrogens (tertiary/aromatic N) is 1. The first-order valence-electron chi connectivity index (χ1n) is 8.15. The van der Waals surface area contributed by atoms with Crippen LogP contribution in [0.1, 0.15) is 11.1 Å². The summed E-state index contributed by atoms with van der Waals surface area (Å²) in [5, 5.41) is 2.37. The highest BCUT2D eigenvalue weighted by Gasteiger charge is 2.18. The van der Waals surface area contributed by atoms with Gasteiger partial charge in [-0.2, -0.15) is 0 Å². The number of likely N-dealkylation sites (N-methyl/N-ethyl adjacent to an activating group) is 1. The van der Waals surface area contributed by atoms with Crippen molar-refractivity contribution in [2.24, 2.45) is 5.73 Å². The molecule has 1 atom stereocenters. The number of carbonyl (C=O) groups is 1. The van der Waals surface area contributed by atoms with Gasteiger partial charge >= 0.3 is 0 Å². The molecule has 0 saturated heterocycles. The van der Waals surface area contributed by atoms with Crippen molar-refractivity contribution < 1.29 is 4.79 Å². The average molecular weight is 318 g/mol. The molecule has 0 aromatic heterocycles. The van der Waals surface area contributed by atoms with Crippen LogP contribution in [0.15, 0.2) is 72.8 Å². The Labute approximate surface area is 142 Å². The first-order valence-corrected chi connectivity index (χ1v) is 8.15. The molecule has 0 aliphatic carbocycles. The van der Waals surface area contributed by atoms with Crippen LogP contribution in [0.5, 0.6) is 0 Å². The lowest BCUT2D eigenvalue weighted by Crippen LogP contribution is -2.42. The quantitative estimate of drug-likeness (QED) is 0.784. The molecular formula is C21H22N2O. The molecule has 0 fully saturated rings. The summed E-state index contributed by atoms with van der Waals surface area (Å²) in [7, 11) is 1.80. The monoisotopic (exact) mass is 318 g/mol. The van der Waals surface area contributed by atoms with E-state index in [1.807, 2.05) is 48.5 Å². The van der Waals surface area contributed by atoms with Crippen molar-refractivity contribution in [1.29, 1.82) is 0 Å². The van der Waals surface area contributed by atoms with Gasteiger partial charge < -0.3 is 10.6 Å². The van der Waals surface area contributed by atoms with Crippen LogP contribution in [0.4, 0.5) is 0 Å².